The molecule has 12 heteroatoms. The zero-order valence-corrected chi connectivity index (χ0v) is 20.5. The highest BCUT2D eigenvalue weighted by Crippen LogP contribution is 2.02. The molecule has 12 nitrogen and oxygen atoms in total. The molecule has 0 unspecified atom stereocenters. The highest BCUT2D eigenvalue weighted by Gasteiger charge is 2.20. The van der Waals surface area contributed by atoms with Crippen LogP contribution in [0, 0.1) is 0 Å². The molecule has 0 aromatic carbocycles. The predicted molar refractivity (Wildman–Crippen MR) is 122 cm³/mol. The number of hydrogen-bond acceptors (Lipinski definition) is 9. The lowest BCUT2D eigenvalue weighted by Crippen LogP contribution is -2.40. The quantitative estimate of drug-likeness (QED) is 0.195. The van der Waals surface area contributed by atoms with Crippen molar-refractivity contribution in [2.45, 2.75) is 58.2 Å². The first kappa shape index (κ1) is 32.5. The topological polar surface area (TPSA) is 166 Å². The molecule has 3 N–H and O–H groups in total. The third kappa shape index (κ3) is 16.0. The molecule has 0 aliphatic heterocycles. The number of hydrogen-bond donors (Lipinski definition) is 3. The van der Waals surface area contributed by atoms with Crippen LogP contribution < -0.4 is 16.0 Å². The Labute approximate surface area is 199 Å². The van der Waals surface area contributed by atoms with Crippen molar-refractivity contribution < 1.29 is 43.0 Å². The van der Waals surface area contributed by atoms with E-state index >= 15 is 0 Å². The first-order valence-corrected chi connectivity index (χ1v) is 10.2. The van der Waals surface area contributed by atoms with Gasteiger partial charge in [0.2, 0.25) is 17.7 Å². The molecule has 0 fully saturated rings. The van der Waals surface area contributed by atoms with Crippen molar-refractivity contribution in [3.8, 4) is 0 Å². The van der Waals surface area contributed by atoms with Gasteiger partial charge in [0.1, 0.15) is 18.1 Å². The van der Waals surface area contributed by atoms with Gasteiger partial charge in [-0.25, -0.2) is 14.4 Å². The molecule has 0 saturated carbocycles. The van der Waals surface area contributed by atoms with Gasteiger partial charge in [0, 0.05) is 20.8 Å². The van der Waals surface area contributed by atoms with Crippen molar-refractivity contribution in [1.29, 1.82) is 0 Å². The standard InChI is InChI=1S/C14H22N2O6.C8H13NO3/c1-9(17)15-11(13(19)21-3)7-5-6-8-12(14(20)22-4)16-10(2)18;1-4-5-7(8(11)12-3)9-6(2)10/h5-6,11-12H,7-8H2,1-4H3,(H,15,17)(H,16,18);4,7H,1,5H2,2-3H3,(H,9,10)/t11-,12-;7-/m00/s1. The number of ether oxygens (including phenoxy) is 3. The van der Waals surface area contributed by atoms with E-state index in [1.54, 1.807) is 18.2 Å². The van der Waals surface area contributed by atoms with Crippen LogP contribution in [0.2, 0.25) is 0 Å². The van der Waals surface area contributed by atoms with Crippen LogP contribution in [-0.2, 0) is 43.0 Å². The molecule has 0 aliphatic rings. The Morgan fingerprint density at radius 2 is 0.882 bits per heavy atom. The maximum Gasteiger partial charge on any atom is 0.328 e. The second kappa shape index (κ2) is 18.8. The van der Waals surface area contributed by atoms with E-state index < -0.39 is 36.0 Å². The number of rotatable bonds is 12. The molecule has 0 spiro atoms. The van der Waals surface area contributed by atoms with Crippen molar-refractivity contribution in [2.24, 2.45) is 0 Å². The Morgan fingerprint density at radius 1 is 0.618 bits per heavy atom. The lowest BCUT2D eigenvalue weighted by Gasteiger charge is -2.14. The summed E-state index contributed by atoms with van der Waals surface area (Å²) in [6.45, 7) is 7.40. The zero-order chi connectivity index (χ0) is 26.7. The van der Waals surface area contributed by atoms with Crippen LogP contribution in [0.3, 0.4) is 0 Å². The lowest BCUT2D eigenvalue weighted by atomic mass is 10.1. The maximum atomic E-state index is 11.5. The second-order valence-corrected chi connectivity index (χ2v) is 6.80. The molecular weight excluding hydrogens is 450 g/mol. The summed E-state index contributed by atoms with van der Waals surface area (Å²) in [5.41, 5.74) is 0. The van der Waals surface area contributed by atoms with Crippen molar-refractivity contribution in [2.75, 3.05) is 21.3 Å². The van der Waals surface area contributed by atoms with Gasteiger partial charge in [-0.3, -0.25) is 14.4 Å². The molecule has 3 amide bonds. The van der Waals surface area contributed by atoms with E-state index in [1.807, 2.05) is 0 Å². The molecule has 0 heterocycles. The van der Waals surface area contributed by atoms with Crippen LogP contribution >= 0.6 is 0 Å². The summed E-state index contributed by atoms with van der Waals surface area (Å²) < 4.78 is 13.6. The fourth-order valence-corrected chi connectivity index (χ4v) is 2.44. The molecule has 192 valence electrons. The minimum atomic E-state index is -0.795. The number of methoxy groups -OCH3 is 3. The molecule has 0 bridgehead atoms. The van der Waals surface area contributed by atoms with Crippen LogP contribution in [0.4, 0.5) is 0 Å². The number of amides is 3. The van der Waals surface area contributed by atoms with Crippen molar-refractivity contribution in [1.82, 2.24) is 16.0 Å². The van der Waals surface area contributed by atoms with Gasteiger partial charge in [-0.1, -0.05) is 18.2 Å². The minimum Gasteiger partial charge on any atom is -0.467 e. The first-order valence-electron chi connectivity index (χ1n) is 10.2. The van der Waals surface area contributed by atoms with Crippen LogP contribution in [-0.4, -0.2) is 75.1 Å². The Bertz CT molecular complexity index is 710. The number of carbonyl (C=O) groups excluding carboxylic acids is 6. The second-order valence-electron chi connectivity index (χ2n) is 6.80. The third-order valence-electron chi connectivity index (χ3n) is 3.90. The summed E-state index contributed by atoms with van der Waals surface area (Å²) in [7, 11) is 3.73. The van der Waals surface area contributed by atoms with E-state index in [9.17, 15) is 28.8 Å². The fourth-order valence-electron chi connectivity index (χ4n) is 2.44. The molecule has 3 atom stereocenters. The molecule has 0 saturated heterocycles. The van der Waals surface area contributed by atoms with Gasteiger partial charge in [0.15, 0.2) is 0 Å². The average Bonchev–Trinajstić information content (AvgIpc) is 2.77. The highest BCUT2D eigenvalue weighted by molar-refractivity contribution is 5.84. The van der Waals surface area contributed by atoms with Crippen LogP contribution in [0.15, 0.2) is 24.8 Å². The lowest BCUT2D eigenvalue weighted by molar-refractivity contribution is -0.145. The van der Waals surface area contributed by atoms with Gasteiger partial charge in [-0.15, -0.1) is 6.58 Å². The van der Waals surface area contributed by atoms with E-state index in [2.05, 4.69) is 36.7 Å². The normalized spacial score (nSPS) is 12.5. The molecule has 0 radical (unpaired) electrons. The Balaban J connectivity index is 0. The summed E-state index contributed by atoms with van der Waals surface area (Å²) in [4.78, 5) is 66.5. The monoisotopic (exact) mass is 485 g/mol. The van der Waals surface area contributed by atoms with Gasteiger partial charge in [0.05, 0.1) is 21.3 Å². The molecule has 0 aromatic heterocycles. The summed E-state index contributed by atoms with van der Waals surface area (Å²) in [5.74, 6) is -2.54. The molecule has 34 heavy (non-hydrogen) atoms. The van der Waals surface area contributed by atoms with E-state index in [4.69, 9.17) is 0 Å². The summed E-state index contributed by atoms with van der Waals surface area (Å²) in [6, 6.07) is -2.20. The minimum absolute atomic E-state index is 0.209. The number of carbonyl (C=O) groups is 6. The Hall–Kier alpha value is -3.70. The number of nitrogens with one attached hydrogen (secondary N) is 3. The fraction of sp³-hybridized carbons (Fsp3) is 0.545. The zero-order valence-electron chi connectivity index (χ0n) is 20.5. The molecule has 0 aromatic rings. The average molecular weight is 486 g/mol. The van der Waals surface area contributed by atoms with E-state index in [0.717, 1.165) is 0 Å². The Morgan fingerprint density at radius 3 is 1.09 bits per heavy atom. The smallest absolute Gasteiger partial charge is 0.328 e. The van der Waals surface area contributed by atoms with E-state index in [0.29, 0.717) is 6.42 Å². The first-order chi connectivity index (χ1) is 15.9. The summed E-state index contributed by atoms with van der Waals surface area (Å²) in [6.07, 6.45) is 5.59. The van der Waals surface area contributed by atoms with Crippen LogP contribution in [0.1, 0.15) is 40.0 Å². The van der Waals surface area contributed by atoms with Crippen molar-refractivity contribution in [3.05, 3.63) is 24.8 Å². The van der Waals surface area contributed by atoms with Gasteiger partial charge in [0.25, 0.3) is 0 Å². The molecular formula is C22H35N3O9. The largest absolute Gasteiger partial charge is 0.467 e. The van der Waals surface area contributed by atoms with E-state index in [-0.39, 0.29) is 30.6 Å². The van der Waals surface area contributed by atoms with Crippen molar-refractivity contribution >= 4 is 35.6 Å². The van der Waals surface area contributed by atoms with Gasteiger partial charge < -0.3 is 30.2 Å². The van der Waals surface area contributed by atoms with Gasteiger partial charge in [-0.05, 0) is 19.3 Å². The SMILES string of the molecule is C=CC[C@H](NC(C)=O)C(=O)OC.COC(=O)[C@H](CC=CC[C@H](NC(C)=O)C(=O)OC)NC(C)=O. The van der Waals surface area contributed by atoms with Crippen LogP contribution in [0.5, 0.6) is 0 Å². The molecule has 0 rings (SSSR count). The predicted octanol–water partition coefficient (Wildman–Crippen LogP) is -0.0816. The Kier molecular flexibility index (Phi) is 18.0. The van der Waals surface area contributed by atoms with Crippen molar-refractivity contribution in [3.63, 3.8) is 0 Å². The van der Waals surface area contributed by atoms with Crippen LogP contribution in [0.25, 0.3) is 0 Å². The maximum absolute atomic E-state index is 11.5. The summed E-state index contributed by atoms with van der Waals surface area (Å²) in [5, 5.41) is 7.36. The van der Waals surface area contributed by atoms with E-state index in [1.165, 1.54) is 42.1 Å². The highest BCUT2D eigenvalue weighted by atomic mass is 16.5. The summed E-state index contributed by atoms with van der Waals surface area (Å²) >= 11 is 0. The third-order valence-corrected chi connectivity index (χ3v) is 3.90. The van der Waals surface area contributed by atoms with Gasteiger partial charge >= 0.3 is 17.9 Å². The number of esters is 3. The molecule has 0 aliphatic carbocycles. The van der Waals surface area contributed by atoms with Gasteiger partial charge in [-0.2, -0.15) is 0 Å².